The summed E-state index contributed by atoms with van der Waals surface area (Å²) in [5.74, 6) is -0.783. The number of carbonyl (C=O) groups is 1. The first-order valence-electron chi connectivity index (χ1n) is 6.45. The van der Waals surface area contributed by atoms with Gasteiger partial charge in [0.2, 0.25) is 5.75 Å². The Morgan fingerprint density at radius 2 is 2.13 bits per heavy atom. The molecule has 0 aromatic heterocycles. The predicted molar refractivity (Wildman–Crippen MR) is 86.9 cm³/mol. The van der Waals surface area contributed by atoms with Crippen LogP contribution >= 0.6 is 11.6 Å². The smallest absolute Gasteiger partial charge is 0.312 e. The summed E-state index contributed by atoms with van der Waals surface area (Å²) >= 11 is 5.80. The Bertz CT molecular complexity index is 805. The van der Waals surface area contributed by atoms with E-state index in [0.717, 1.165) is 6.07 Å². The summed E-state index contributed by atoms with van der Waals surface area (Å²) in [5.41, 5.74) is 0.476. The monoisotopic (exact) mass is 333 g/mol. The largest absolute Gasteiger partial charge is 0.502 e. The number of aromatic hydroxyl groups is 1. The summed E-state index contributed by atoms with van der Waals surface area (Å²) in [6.07, 6.45) is 1.25. The lowest BCUT2D eigenvalue weighted by Crippen LogP contribution is -2.17. The number of carbonyl (C=O) groups excluding carboxylic acids is 1. The lowest BCUT2D eigenvalue weighted by Gasteiger charge is -2.02. The van der Waals surface area contributed by atoms with E-state index in [1.165, 1.54) is 19.3 Å². The van der Waals surface area contributed by atoms with E-state index in [-0.39, 0.29) is 16.5 Å². The highest BCUT2D eigenvalue weighted by molar-refractivity contribution is 6.31. The number of nitro benzene ring substituents is 1. The molecule has 2 rings (SSSR count). The molecule has 0 heterocycles. The van der Waals surface area contributed by atoms with E-state index in [1.807, 2.05) is 0 Å². The van der Waals surface area contributed by atoms with Crippen molar-refractivity contribution in [2.45, 2.75) is 0 Å². The molecule has 0 aliphatic carbocycles. The minimum atomic E-state index is -0.731. The Balaban J connectivity index is 2.38. The van der Waals surface area contributed by atoms with Gasteiger partial charge in [-0.1, -0.05) is 17.7 Å². The van der Waals surface area contributed by atoms with Crippen molar-refractivity contribution in [1.82, 2.24) is 5.32 Å². The number of benzene rings is 2. The average molecular weight is 334 g/mol. The van der Waals surface area contributed by atoms with E-state index in [1.54, 1.807) is 24.3 Å². The first-order valence-corrected chi connectivity index (χ1v) is 6.83. The fraction of sp³-hybridized carbons (Fsp3) is 0.0667. The Hall–Kier alpha value is -2.93. The summed E-state index contributed by atoms with van der Waals surface area (Å²) in [6.45, 7) is 0. The molecule has 118 valence electrons. The minimum absolute atomic E-state index is 0.106. The topological polar surface area (TPSA) is 105 Å². The number of nitrogens with one attached hydrogen (secondary N) is 1. The van der Waals surface area contributed by atoms with Crippen LogP contribution in [0.5, 0.6) is 5.75 Å². The van der Waals surface area contributed by atoms with Crippen LogP contribution in [0, 0.1) is 10.1 Å². The van der Waals surface area contributed by atoms with Gasteiger partial charge in [0.25, 0.3) is 5.91 Å². The maximum absolute atomic E-state index is 11.6. The number of aliphatic imine (C=N–C) groups is 1. The lowest BCUT2D eigenvalue weighted by molar-refractivity contribution is -0.385. The van der Waals surface area contributed by atoms with Gasteiger partial charge in [-0.15, -0.1) is 0 Å². The molecule has 0 aliphatic heterocycles. The summed E-state index contributed by atoms with van der Waals surface area (Å²) in [5, 5.41) is 23.3. The van der Waals surface area contributed by atoms with Gasteiger partial charge >= 0.3 is 5.69 Å². The summed E-state index contributed by atoms with van der Waals surface area (Å²) in [7, 11) is 1.52. The van der Waals surface area contributed by atoms with Crippen molar-refractivity contribution in [3.8, 4) is 5.75 Å². The van der Waals surface area contributed by atoms with E-state index < -0.39 is 16.4 Å². The molecule has 2 aromatic rings. The zero-order chi connectivity index (χ0) is 17.0. The molecule has 8 heteroatoms. The van der Waals surface area contributed by atoms with Crippen LogP contribution in [0.1, 0.15) is 15.9 Å². The average Bonchev–Trinajstić information content (AvgIpc) is 2.54. The highest BCUT2D eigenvalue weighted by Crippen LogP contribution is 2.32. The Morgan fingerprint density at radius 1 is 1.39 bits per heavy atom. The number of nitro groups is 1. The van der Waals surface area contributed by atoms with Gasteiger partial charge in [-0.05, 0) is 24.3 Å². The fourth-order valence-electron chi connectivity index (χ4n) is 1.86. The van der Waals surface area contributed by atoms with Gasteiger partial charge in [-0.25, -0.2) is 0 Å². The van der Waals surface area contributed by atoms with Crippen molar-refractivity contribution in [2.24, 2.45) is 4.99 Å². The number of phenols is 1. The number of nitrogens with zero attached hydrogens (tertiary/aromatic N) is 2. The Labute approximate surface area is 136 Å². The summed E-state index contributed by atoms with van der Waals surface area (Å²) < 4.78 is 0. The van der Waals surface area contributed by atoms with E-state index >= 15 is 0 Å². The van der Waals surface area contributed by atoms with Gasteiger partial charge in [0.05, 0.1) is 10.6 Å². The number of hydrogen-bond acceptors (Lipinski definition) is 5. The molecule has 0 radical (unpaired) electrons. The summed E-state index contributed by atoms with van der Waals surface area (Å²) in [4.78, 5) is 25.8. The second-order valence-electron chi connectivity index (χ2n) is 4.51. The number of halogens is 1. The highest BCUT2D eigenvalue weighted by Gasteiger charge is 2.17. The first kappa shape index (κ1) is 16.4. The number of amides is 1. The molecule has 0 aliphatic rings. The Kier molecular flexibility index (Phi) is 4.92. The summed E-state index contributed by atoms with van der Waals surface area (Å²) in [6, 6.07) is 8.89. The van der Waals surface area contributed by atoms with Crippen molar-refractivity contribution in [1.29, 1.82) is 0 Å². The van der Waals surface area contributed by atoms with Crippen LogP contribution in [0.4, 0.5) is 11.4 Å². The molecule has 0 bridgehead atoms. The van der Waals surface area contributed by atoms with Crippen LogP contribution < -0.4 is 5.32 Å². The maximum Gasteiger partial charge on any atom is 0.312 e. The molecule has 1 amide bonds. The lowest BCUT2D eigenvalue weighted by atomic mass is 10.1. The fourth-order valence-corrected chi connectivity index (χ4v) is 2.08. The zero-order valence-corrected chi connectivity index (χ0v) is 12.7. The molecular weight excluding hydrogens is 322 g/mol. The molecule has 0 saturated carbocycles. The van der Waals surface area contributed by atoms with Crippen LogP contribution in [0.25, 0.3) is 0 Å². The second kappa shape index (κ2) is 6.89. The third kappa shape index (κ3) is 3.83. The van der Waals surface area contributed by atoms with Crippen molar-refractivity contribution in [3.63, 3.8) is 0 Å². The molecule has 0 saturated heterocycles. The third-order valence-electron chi connectivity index (χ3n) is 2.97. The molecule has 7 nitrogen and oxygen atoms in total. The standard InChI is InChI=1S/C15H12ClN3O4/c1-17-15(21)9-3-2-4-12(6-9)18-8-10-5-11(16)7-13(14(10)20)19(22)23/h2-8,20H,1H3,(H,17,21). The first-order chi connectivity index (χ1) is 10.9. The van der Waals surface area contributed by atoms with E-state index in [9.17, 15) is 20.0 Å². The predicted octanol–water partition coefficient (Wildman–Crippen LogP) is 3.06. The van der Waals surface area contributed by atoms with E-state index in [4.69, 9.17) is 11.6 Å². The SMILES string of the molecule is CNC(=O)c1cccc(N=Cc2cc(Cl)cc([N+](=O)[O-])c2O)c1. The zero-order valence-electron chi connectivity index (χ0n) is 12.0. The van der Waals surface area contributed by atoms with Crippen LogP contribution in [0.2, 0.25) is 5.02 Å². The Morgan fingerprint density at radius 3 is 2.78 bits per heavy atom. The normalized spacial score (nSPS) is 10.7. The van der Waals surface area contributed by atoms with Crippen LogP contribution in [0.15, 0.2) is 41.4 Å². The van der Waals surface area contributed by atoms with E-state index in [0.29, 0.717) is 11.3 Å². The molecule has 23 heavy (non-hydrogen) atoms. The van der Waals surface area contributed by atoms with Crippen molar-refractivity contribution >= 4 is 35.1 Å². The molecule has 0 atom stereocenters. The quantitative estimate of drug-likeness (QED) is 0.509. The number of phenolic OH excluding ortho intramolecular Hbond substituents is 1. The maximum atomic E-state index is 11.6. The van der Waals surface area contributed by atoms with Gasteiger partial charge in [-0.3, -0.25) is 19.9 Å². The molecule has 0 fully saturated rings. The van der Waals surface area contributed by atoms with Gasteiger partial charge in [0.15, 0.2) is 0 Å². The van der Waals surface area contributed by atoms with E-state index in [2.05, 4.69) is 10.3 Å². The van der Waals surface area contributed by atoms with Crippen molar-refractivity contribution in [2.75, 3.05) is 7.05 Å². The van der Waals surface area contributed by atoms with Crippen LogP contribution in [0.3, 0.4) is 0 Å². The van der Waals surface area contributed by atoms with Crippen molar-refractivity contribution in [3.05, 3.63) is 62.7 Å². The molecule has 2 N–H and O–H groups in total. The van der Waals surface area contributed by atoms with Gasteiger partial charge in [0.1, 0.15) is 0 Å². The van der Waals surface area contributed by atoms with Crippen LogP contribution in [-0.2, 0) is 0 Å². The number of hydrogen-bond donors (Lipinski definition) is 2. The van der Waals surface area contributed by atoms with Gasteiger partial charge < -0.3 is 10.4 Å². The van der Waals surface area contributed by atoms with Gasteiger partial charge in [0, 0.05) is 35.5 Å². The van der Waals surface area contributed by atoms with Crippen LogP contribution in [-0.4, -0.2) is 29.2 Å². The highest BCUT2D eigenvalue weighted by atomic mass is 35.5. The molecule has 0 spiro atoms. The number of rotatable bonds is 4. The molecular formula is C15H12ClN3O4. The van der Waals surface area contributed by atoms with Crippen molar-refractivity contribution < 1.29 is 14.8 Å². The molecule has 2 aromatic carbocycles. The molecule has 0 unspecified atom stereocenters. The second-order valence-corrected chi connectivity index (χ2v) is 4.94. The third-order valence-corrected chi connectivity index (χ3v) is 3.19. The van der Waals surface area contributed by atoms with Gasteiger partial charge in [-0.2, -0.15) is 0 Å². The minimum Gasteiger partial charge on any atom is -0.502 e.